The summed E-state index contributed by atoms with van der Waals surface area (Å²) < 4.78 is 0. The van der Waals surface area contributed by atoms with Crippen LogP contribution in [-0.2, 0) is 0 Å². The van der Waals surface area contributed by atoms with Crippen LogP contribution in [0.3, 0.4) is 0 Å². The maximum absolute atomic E-state index is 3.71. The first-order valence-corrected chi connectivity index (χ1v) is 7.21. The highest BCUT2D eigenvalue weighted by molar-refractivity contribution is 5.16. The molecule has 0 bridgehead atoms. The largest absolute Gasteiger partial charge is 0.307 e. The molecule has 18 heavy (non-hydrogen) atoms. The highest BCUT2D eigenvalue weighted by Crippen LogP contribution is 1.89. The Bertz CT molecular complexity index is 202. The number of rotatable bonds is 6. The monoisotopic (exact) mass is 253 g/mol. The van der Waals surface area contributed by atoms with Crippen molar-refractivity contribution < 1.29 is 0 Å². The molecule has 0 radical (unpaired) electrons. The van der Waals surface area contributed by atoms with Gasteiger partial charge in [-0.3, -0.25) is 0 Å². The van der Waals surface area contributed by atoms with Gasteiger partial charge in [0.2, 0.25) is 0 Å². The Balaban J connectivity index is -0.000000219. The minimum atomic E-state index is 1.09. The van der Waals surface area contributed by atoms with Crippen molar-refractivity contribution in [1.82, 2.24) is 4.90 Å². The third kappa shape index (κ3) is 29.5. The Kier molecular flexibility index (Phi) is 26.7. The minimum Gasteiger partial charge on any atom is -0.307 e. The van der Waals surface area contributed by atoms with E-state index >= 15 is 0 Å². The van der Waals surface area contributed by atoms with E-state index in [-0.39, 0.29) is 0 Å². The van der Waals surface area contributed by atoms with Gasteiger partial charge in [-0.05, 0) is 40.4 Å². The maximum Gasteiger partial charge on any atom is -0.00220 e. The molecule has 0 fully saturated rings. The van der Waals surface area contributed by atoms with Crippen LogP contribution in [0.15, 0.2) is 36.5 Å². The first-order valence-electron chi connectivity index (χ1n) is 7.21. The van der Waals surface area contributed by atoms with Crippen LogP contribution in [0.1, 0.15) is 54.4 Å². The van der Waals surface area contributed by atoms with Crippen LogP contribution in [0.25, 0.3) is 0 Å². The van der Waals surface area contributed by atoms with Gasteiger partial charge in [0.05, 0.1) is 0 Å². The van der Waals surface area contributed by atoms with Crippen LogP contribution >= 0.6 is 0 Å². The third-order valence-corrected chi connectivity index (χ3v) is 2.12. The quantitative estimate of drug-likeness (QED) is 0.568. The molecular formula is C17H35N. The molecule has 1 nitrogen and oxygen atoms in total. The second-order valence-electron chi connectivity index (χ2n) is 3.98. The highest BCUT2D eigenvalue weighted by atomic mass is 15.1. The van der Waals surface area contributed by atoms with Gasteiger partial charge >= 0.3 is 0 Å². The van der Waals surface area contributed by atoms with E-state index in [9.17, 15) is 0 Å². The SMILES string of the molecule is C=C(C)/C=C\C=C/C.CC.CCCCN(C)CC. The fourth-order valence-corrected chi connectivity index (χ4v) is 0.917. The first kappa shape index (κ1) is 22.4. The number of hydrogen-bond donors (Lipinski definition) is 0. The Morgan fingerprint density at radius 1 is 1.17 bits per heavy atom. The zero-order chi connectivity index (χ0) is 14.8. The average molecular weight is 253 g/mol. The molecule has 0 unspecified atom stereocenters. The van der Waals surface area contributed by atoms with Crippen LogP contribution in [0.5, 0.6) is 0 Å². The molecule has 0 N–H and O–H groups in total. The van der Waals surface area contributed by atoms with Crippen LogP contribution in [0.4, 0.5) is 0 Å². The molecule has 0 saturated heterocycles. The molecule has 0 aliphatic carbocycles. The fraction of sp³-hybridized carbons (Fsp3) is 0.647. The van der Waals surface area contributed by atoms with Crippen molar-refractivity contribution in [2.75, 3.05) is 20.1 Å². The molecule has 0 heterocycles. The third-order valence-electron chi connectivity index (χ3n) is 2.12. The number of hydrogen-bond acceptors (Lipinski definition) is 1. The van der Waals surface area contributed by atoms with Gasteiger partial charge in [-0.1, -0.05) is 70.6 Å². The predicted octanol–water partition coefficient (Wildman–Crippen LogP) is 5.46. The Morgan fingerprint density at radius 2 is 1.72 bits per heavy atom. The molecule has 0 aliphatic heterocycles. The molecule has 0 aliphatic rings. The fourth-order valence-electron chi connectivity index (χ4n) is 0.917. The van der Waals surface area contributed by atoms with Crippen molar-refractivity contribution in [2.45, 2.75) is 54.4 Å². The van der Waals surface area contributed by atoms with Gasteiger partial charge in [0.25, 0.3) is 0 Å². The molecule has 0 aromatic heterocycles. The molecule has 1 heteroatoms. The lowest BCUT2D eigenvalue weighted by molar-refractivity contribution is 0.346. The van der Waals surface area contributed by atoms with Gasteiger partial charge in [-0.15, -0.1) is 0 Å². The van der Waals surface area contributed by atoms with E-state index in [1.165, 1.54) is 25.9 Å². The zero-order valence-electron chi connectivity index (χ0n) is 13.8. The first-order chi connectivity index (χ1) is 8.58. The molecule has 0 aromatic rings. The molecular weight excluding hydrogens is 218 g/mol. The lowest BCUT2D eigenvalue weighted by Crippen LogP contribution is -2.18. The molecule has 0 rings (SSSR count). The summed E-state index contributed by atoms with van der Waals surface area (Å²) in [5, 5.41) is 0. The van der Waals surface area contributed by atoms with Gasteiger partial charge in [0.15, 0.2) is 0 Å². The van der Waals surface area contributed by atoms with Crippen molar-refractivity contribution in [3.05, 3.63) is 36.5 Å². The van der Waals surface area contributed by atoms with Crippen molar-refractivity contribution in [2.24, 2.45) is 0 Å². The second-order valence-corrected chi connectivity index (χ2v) is 3.98. The summed E-state index contributed by atoms with van der Waals surface area (Å²) in [6.07, 6.45) is 10.6. The van der Waals surface area contributed by atoms with E-state index in [0.717, 1.165) is 5.57 Å². The summed E-state index contributed by atoms with van der Waals surface area (Å²) in [5.74, 6) is 0. The van der Waals surface area contributed by atoms with Gasteiger partial charge in [-0.25, -0.2) is 0 Å². The lowest BCUT2D eigenvalue weighted by atomic mass is 10.3. The Labute approximate surface area is 116 Å². The number of unbranched alkanes of at least 4 members (excludes halogenated alkanes) is 1. The Morgan fingerprint density at radius 3 is 2.06 bits per heavy atom. The van der Waals surface area contributed by atoms with Crippen LogP contribution in [0.2, 0.25) is 0 Å². The number of allylic oxidation sites excluding steroid dienone is 5. The topological polar surface area (TPSA) is 3.24 Å². The highest BCUT2D eigenvalue weighted by Gasteiger charge is 1.89. The molecule has 0 aromatic carbocycles. The summed E-state index contributed by atoms with van der Waals surface area (Å²) in [6, 6.07) is 0. The molecule has 0 saturated carbocycles. The molecule has 0 spiro atoms. The van der Waals surface area contributed by atoms with Gasteiger partial charge in [0.1, 0.15) is 0 Å². The van der Waals surface area contributed by atoms with E-state index in [2.05, 4.69) is 32.4 Å². The van der Waals surface area contributed by atoms with Crippen LogP contribution in [-0.4, -0.2) is 25.0 Å². The standard InChI is InChI=1S/C8H12.C7H17N.C2H6/c1-4-5-6-7-8(2)3;1-4-6-7-8(3)5-2;1-2/h4-7H,2H2,1,3H3;4-7H2,1-3H3;1-2H3/b5-4-,7-6-;;. The summed E-state index contributed by atoms with van der Waals surface area (Å²) in [7, 11) is 2.16. The van der Waals surface area contributed by atoms with Gasteiger partial charge < -0.3 is 4.90 Å². The van der Waals surface area contributed by atoms with Crippen LogP contribution in [0, 0.1) is 0 Å². The average Bonchev–Trinajstić information content (AvgIpc) is 2.39. The summed E-state index contributed by atoms with van der Waals surface area (Å²) in [6.45, 7) is 18.5. The maximum atomic E-state index is 3.71. The van der Waals surface area contributed by atoms with E-state index < -0.39 is 0 Å². The van der Waals surface area contributed by atoms with Crippen molar-refractivity contribution in [3.8, 4) is 0 Å². The smallest absolute Gasteiger partial charge is 0.00220 e. The lowest BCUT2D eigenvalue weighted by Gasteiger charge is -2.11. The minimum absolute atomic E-state index is 1.09. The molecule has 108 valence electrons. The zero-order valence-corrected chi connectivity index (χ0v) is 13.8. The van der Waals surface area contributed by atoms with Crippen molar-refractivity contribution >= 4 is 0 Å². The van der Waals surface area contributed by atoms with E-state index in [1.807, 2.05) is 52.0 Å². The van der Waals surface area contributed by atoms with Gasteiger partial charge in [-0.2, -0.15) is 0 Å². The number of nitrogens with zero attached hydrogens (tertiary/aromatic N) is 1. The van der Waals surface area contributed by atoms with E-state index in [1.54, 1.807) is 0 Å². The van der Waals surface area contributed by atoms with Crippen molar-refractivity contribution in [1.29, 1.82) is 0 Å². The summed E-state index contributed by atoms with van der Waals surface area (Å²) in [5.41, 5.74) is 1.09. The predicted molar refractivity (Wildman–Crippen MR) is 88.2 cm³/mol. The second kappa shape index (κ2) is 21.5. The Hall–Kier alpha value is -0.820. The van der Waals surface area contributed by atoms with E-state index in [0.29, 0.717) is 0 Å². The van der Waals surface area contributed by atoms with Crippen molar-refractivity contribution in [3.63, 3.8) is 0 Å². The molecule has 0 atom stereocenters. The summed E-state index contributed by atoms with van der Waals surface area (Å²) in [4.78, 5) is 2.34. The van der Waals surface area contributed by atoms with E-state index in [4.69, 9.17) is 0 Å². The summed E-state index contributed by atoms with van der Waals surface area (Å²) >= 11 is 0. The van der Waals surface area contributed by atoms with Crippen LogP contribution < -0.4 is 0 Å². The molecule has 0 amide bonds. The normalized spacial score (nSPS) is 10.0. The van der Waals surface area contributed by atoms with Gasteiger partial charge in [0, 0.05) is 0 Å².